The molecule has 2 N–H and O–H groups in total. The molecular formula is C11H15NO2. The average Bonchev–Trinajstić information content (AvgIpc) is 2.99. The molecule has 0 bridgehead atoms. The molecule has 1 saturated carbocycles. The van der Waals surface area contributed by atoms with Crippen molar-refractivity contribution in [1.82, 2.24) is 0 Å². The van der Waals surface area contributed by atoms with Gasteiger partial charge in [0.1, 0.15) is 0 Å². The number of rotatable bonds is 3. The highest BCUT2D eigenvalue weighted by Gasteiger charge is 2.28. The van der Waals surface area contributed by atoms with Gasteiger partial charge in [0.15, 0.2) is 11.5 Å². The first kappa shape index (κ1) is 9.19. The second-order valence-corrected chi connectivity index (χ2v) is 3.62. The molecule has 0 spiro atoms. The summed E-state index contributed by atoms with van der Waals surface area (Å²) in [5, 5.41) is 0. The molecule has 2 rings (SSSR count). The number of benzene rings is 1. The maximum atomic E-state index is 5.79. The normalized spacial score (nSPS) is 15.3. The van der Waals surface area contributed by atoms with Gasteiger partial charge in [-0.3, -0.25) is 0 Å². The zero-order valence-corrected chi connectivity index (χ0v) is 8.54. The molecule has 1 fully saturated rings. The highest BCUT2D eigenvalue weighted by atomic mass is 16.5. The Hall–Kier alpha value is -1.38. The smallest absolute Gasteiger partial charge is 0.164 e. The van der Waals surface area contributed by atoms with Gasteiger partial charge in [0.2, 0.25) is 0 Å². The third kappa shape index (κ3) is 1.50. The maximum Gasteiger partial charge on any atom is 0.164 e. The highest BCUT2D eigenvalue weighted by molar-refractivity contribution is 5.59. The van der Waals surface area contributed by atoms with Gasteiger partial charge in [-0.2, -0.15) is 0 Å². The quantitative estimate of drug-likeness (QED) is 0.748. The molecule has 3 heteroatoms. The van der Waals surface area contributed by atoms with Crippen molar-refractivity contribution in [2.24, 2.45) is 0 Å². The van der Waals surface area contributed by atoms with Gasteiger partial charge in [-0.1, -0.05) is 0 Å². The van der Waals surface area contributed by atoms with Gasteiger partial charge in [-0.25, -0.2) is 0 Å². The third-order valence-electron chi connectivity index (χ3n) is 2.55. The summed E-state index contributed by atoms with van der Waals surface area (Å²) in [5.74, 6) is 2.18. The lowest BCUT2D eigenvalue weighted by Crippen LogP contribution is -1.97. The topological polar surface area (TPSA) is 44.5 Å². The lowest BCUT2D eigenvalue weighted by molar-refractivity contribution is 0.352. The summed E-state index contributed by atoms with van der Waals surface area (Å²) in [6.07, 6.45) is 2.45. The van der Waals surface area contributed by atoms with E-state index in [1.54, 1.807) is 20.3 Å². The molecule has 1 aliphatic rings. The monoisotopic (exact) mass is 193 g/mol. The van der Waals surface area contributed by atoms with Crippen molar-refractivity contribution >= 4 is 5.69 Å². The zero-order chi connectivity index (χ0) is 10.1. The Bertz CT molecular complexity index is 345. The van der Waals surface area contributed by atoms with E-state index < -0.39 is 0 Å². The predicted octanol–water partition coefficient (Wildman–Crippen LogP) is 2.16. The number of anilines is 1. The molecule has 3 nitrogen and oxygen atoms in total. The van der Waals surface area contributed by atoms with Gasteiger partial charge in [-0.15, -0.1) is 0 Å². The average molecular weight is 193 g/mol. The Balaban J connectivity index is 2.49. The van der Waals surface area contributed by atoms with Crippen molar-refractivity contribution in [2.45, 2.75) is 18.8 Å². The van der Waals surface area contributed by atoms with Crippen LogP contribution in [-0.4, -0.2) is 14.2 Å². The van der Waals surface area contributed by atoms with E-state index in [1.165, 1.54) is 18.4 Å². The third-order valence-corrected chi connectivity index (χ3v) is 2.55. The van der Waals surface area contributed by atoms with E-state index in [4.69, 9.17) is 15.2 Å². The fraction of sp³-hybridized carbons (Fsp3) is 0.455. The fourth-order valence-corrected chi connectivity index (χ4v) is 1.71. The summed E-state index contributed by atoms with van der Waals surface area (Å²) in [6, 6.07) is 3.78. The van der Waals surface area contributed by atoms with Gasteiger partial charge in [-0.05, 0) is 24.8 Å². The minimum absolute atomic E-state index is 0.613. The van der Waals surface area contributed by atoms with Gasteiger partial charge in [0.05, 0.1) is 14.2 Å². The molecule has 14 heavy (non-hydrogen) atoms. The summed E-state index contributed by atoms with van der Waals surface area (Å²) in [6.45, 7) is 0. The molecular weight excluding hydrogens is 178 g/mol. The first-order valence-corrected chi connectivity index (χ1v) is 4.77. The van der Waals surface area contributed by atoms with Crippen LogP contribution in [0.1, 0.15) is 24.3 Å². The fourth-order valence-electron chi connectivity index (χ4n) is 1.71. The number of nitrogens with two attached hydrogens (primary N) is 1. The Labute approximate surface area is 83.8 Å². The van der Waals surface area contributed by atoms with E-state index in [1.807, 2.05) is 6.07 Å². The Kier molecular flexibility index (Phi) is 2.23. The van der Waals surface area contributed by atoms with Crippen molar-refractivity contribution in [3.8, 4) is 11.5 Å². The SMILES string of the molecule is COc1cc(N)cc(C2CC2)c1OC. The van der Waals surface area contributed by atoms with E-state index in [9.17, 15) is 0 Å². The highest BCUT2D eigenvalue weighted by Crippen LogP contribution is 2.48. The van der Waals surface area contributed by atoms with E-state index in [0.29, 0.717) is 5.92 Å². The van der Waals surface area contributed by atoms with Crippen LogP contribution < -0.4 is 15.2 Å². The molecule has 0 aromatic heterocycles. The number of hydrogen-bond donors (Lipinski definition) is 1. The molecule has 0 aliphatic heterocycles. The van der Waals surface area contributed by atoms with E-state index >= 15 is 0 Å². The van der Waals surface area contributed by atoms with Gasteiger partial charge in [0.25, 0.3) is 0 Å². The summed E-state index contributed by atoms with van der Waals surface area (Å²) in [7, 11) is 3.30. The summed E-state index contributed by atoms with van der Waals surface area (Å²) >= 11 is 0. The van der Waals surface area contributed by atoms with Crippen molar-refractivity contribution in [3.63, 3.8) is 0 Å². The lowest BCUT2D eigenvalue weighted by atomic mass is 10.1. The second-order valence-electron chi connectivity index (χ2n) is 3.62. The van der Waals surface area contributed by atoms with Gasteiger partial charge >= 0.3 is 0 Å². The van der Waals surface area contributed by atoms with E-state index in [-0.39, 0.29) is 0 Å². The first-order chi connectivity index (χ1) is 6.76. The minimum Gasteiger partial charge on any atom is -0.493 e. The van der Waals surface area contributed by atoms with Crippen LogP contribution in [0.15, 0.2) is 12.1 Å². The minimum atomic E-state index is 0.613. The lowest BCUT2D eigenvalue weighted by Gasteiger charge is -2.13. The van der Waals surface area contributed by atoms with E-state index in [2.05, 4.69) is 0 Å². The largest absolute Gasteiger partial charge is 0.493 e. The molecule has 0 unspecified atom stereocenters. The summed E-state index contributed by atoms with van der Waals surface area (Å²) in [4.78, 5) is 0. The van der Waals surface area contributed by atoms with Crippen molar-refractivity contribution in [3.05, 3.63) is 17.7 Å². The molecule has 0 heterocycles. The van der Waals surface area contributed by atoms with Crippen LogP contribution in [0.4, 0.5) is 5.69 Å². The standard InChI is InChI=1S/C11H15NO2/c1-13-10-6-8(12)5-9(7-3-4-7)11(10)14-2/h5-7H,3-4,12H2,1-2H3. The molecule has 0 radical (unpaired) electrons. The Morgan fingerprint density at radius 1 is 1.21 bits per heavy atom. The maximum absolute atomic E-state index is 5.79. The van der Waals surface area contributed by atoms with Crippen LogP contribution >= 0.6 is 0 Å². The van der Waals surface area contributed by atoms with Gasteiger partial charge < -0.3 is 15.2 Å². The number of nitrogen functional groups attached to an aromatic ring is 1. The van der Waals surface area contributed by atoms with Crippen LogP contribution in [-0.2, 0) is 0 Å². The van der Waals surface area contributed by atoms with Gasteiger partial charge in [0, 0.05) is 17.3 Å². The van der Waals surface area contributed by atoms with E-state index in [0.717, 1.165) is 17.2 Å². The van der Waals surface area contributed by atoms with Crippen LogP contribution in [0, 0.1) is 0 Å². The number of hydrogen-bond acceptors (Lipinski definition) is 3. The molecule has 0 atom stereocenters. The van der Waals surface area contributed by atoms with Crippen LogP contribution in [0.5, 0.6) is 11.5 Å². The zero-order valence-electron chi connectivity index (χ0n) is 8.54. The van der Waals surface area contributed by atoms with Crippen molar-refractivity contribution < 1.29 is 9.47 Å². The summed E-state index contributed by atoms with van der Waals surface area (Å²) in [5.41, 5.74) is 7.71. The second kappa shape index (κ2) is 3.40. The molecule has 76 valence electrons. The Morgan fingerprint density at radius 3 is 2.43 bits per heavy atom. The number of ether oxygens (including phenoxy) is 2. The molecule has 0 amide bonds. The van der Waals surface area contributed by atoms with Crippen LogP contribution in [0.25, 0.3) is 0 Å². The Morgan fingerprint density at radius 2 is 1.93 bits per heavy atom. The molecule has 1 aliphatic carbocycles. The van der Waals surface area contributed by atoms with Crippen LogP contribution in [0.2, 0.25) is 0 Å². The van der Waals surface area contributed by atoms with Crippen molar-refractivity contribution in [2.75, 3.05) is 20.0 Å². The molecule has 1 aromatic carbocycles. The predicted molar refractivity (Wildman–Crippen MR) is 55.9 cm³/mol. The molecule has 1 aromatic rings. The summed E-state index contributed by atoms with van der Waals surface area (Å²) < 4.78 is 10.6. The van der Waals surface area contributed by atoms with Crippen LogP contribution in [0.3, 0.4) is 0 Å². The first-order valence-electron chi connectivity index (χ1n) is 4.77. The van der Waals surface area contributed by atoms with Crippen molar-refractivity contribution in [1.29, 1.82) is 0 Å². The molecule has 0 saturated heterocycles. The number of methoxy groups -OCH3 is 2.